The van der Waals surface area contributed by atoms with E-state index in [1.807, 2.05) is 20.8 Å². The fourth-order valence-electron chi connectivity index (χ4n) is 7.33. The van der Waals surface area contributed by atoms with Crippen molar-refractivity contribution in [3.05, 3.63) is 23.3 Å². The highest BCUT2D eigenvalue weighted by molar-refractivity contribution is 5.85. The third kappa shape index (κ3) is 6.31. The third-order valence-electron chi connectivity index (χ3n) is 10.1. The number of amidine groups is 1. The van der Waals surface area contributed by atoms with Crippen LogP contribution in [0.15, 0.2) is 17.3 Å². The van der Waals surface area contributed by atoms with E-state index in [4.69, 9.17) is 14.3 Å². The van der Waals surface area contributed by atoms with Gasteiger partial charge in [0.25, 0.3) is 5.92 Å². The Morgan fingerprint density at radius 1 is 1.05 bits per heavy atom. The summed E-state index contributed by atoms with van der Waals surface area (Å²) in [5.41, 5.74) is 2.83. The molecule has 43 heavy (non-hydrogen) atoms. The van der Waals surface area contributed by atoms with E-state index in [9.17, 15) is 13.6 Å². The van der Waals surface area contributed by atoms with Crippen molar-refractivity contribution in [2.45, 2.75) is 109 Å². The van der Waals surface area contributed by atoms with Gasteiger partial charge < -0.3 is 24.1 Å². The van der Waals surface area contributed by atoms with Crippen molar-refractivity contribution >= 4 is 17.5 Å². The van der Waals surface area contributed by atoms with E-state index in [0.29, 0.717) is 25.6 Å². The SMILES string of the molecule is CCOC(=O)C1(CC)CCN(C2=NOC3(C2)CN(Cc2cc(C4CC4)c(N4CCC(F)(F)CC4)cc2OC(C)C)C3)CC1. The molecule has 1 aromatic rings. The number of carbonyl (C=O) groups is 1. The van der Waals surface area contributed by atoms with Crippen LogP contribution in [-0.4, -0.2) is 85.1 Å². The van der Waals surface area contributed by atoms with Crippen molar-refractivity contribution in [3.63, 3.8) is 0 Å². The maximum absolute atomic E-state index is 13.9. The summed E-state index contributed by atoms with van der Waals surface area (Å²) in [6.07, 6.45) is 5.25. The number of esters is 1. The lowest BCUT2D eigenvalue weighted by molar-refractivity contribution is -0.158. The van der Waals surface area contributed by atoms with Crippen LogP contribution in [0, 0.1) is 5.41 Å². The number of hydrogen-bond acceptors (Lipinski definition) is 8. The molecule has 0 N–H and O–H groups in total. The van der Waals surface area contributed by atoms with Gasteiger partial charge in [0.15, 0.2) is 5.60 Å². The van der Waals surface area contributed by atoms with Crippen molar-refractivity contribution < 1.29 is 27.9 Å². The smallest absolute Gasteiger partial charge is 0.312 e. The molecular weight excluding hydrogens is 554 g/mol. The summed E-state index contributed by atoms with van der Waals surface area (Å²) in [6, 6.07) is 4.41. The van der Waals surface area contributed by atoms with E-state index in [-0.39, 0.29) is 35.9 Å². The quantitative estimate of drug-likeness (QED) is 0.325. The zero-order chi connectivity index (χ0) is 30.4. The number of benzene rings is 1. The molecule has 238 valence electrons. The number of ether oxygens (including phenoxy) is 2. The van der Waals surface area contributed by atoms with Crippen LogP contribution >= 0.6 is 0 Å². The molecule has 0 radical (unpaired) electrons. The number of nitrogens with zero attached hydrogens (tertiary/aromatic N) is 4. The number of likely N-dealkylation sites (tertiary alicyclic amines) is 2. The monoisotopic (exact) mass is 602 g/mol. The molecule has 1 spiro atoms. The topological polar surface area (TPSA) is 66.8 Å². The predicted octanol–water partition coefficient (Wildman–Crippen LogP) is 5.93. The minimum Gasteiger partial charge on any atom is -0.491 e. The number of carbonyl (C=O) groups excluding carboxylic acids is 1. The Bertz CT molecular complexity index is 1210. The highest BCUT2D eigenvalue weighted by Crippen LogP contribution is 2.48. The zero-order valence-electron chi connectivity index (χ0n) is 26.3. The number of rotatable bonds is 9. The fourth-order valence-corrected chi connectivity index (χ4v) is 7.33. The van der Waals surface area contributed by atoms with Gasteiger partial charge >= 0.3 is 5.97 Å². The van der Waals surface area contributed by atoms with E-state index in [2.05, 4.69) is 38.9 Å². The highest BCUT2D eigenvalue weighted by atomic mass is 19.3. The molecule has 0 amide bonds. The molecule has 8 nitrogen and oxygen atoms in total. The average Bonchev–Trinajstić information content (AvgIpc) is 3.71. The Morgan fingerprint density at radius 2 is 1.72 bits per heavy atom. The van der Waals surface area contributed by atoms with Crippen molar-refractivity contribution in [1.29, 1.82) is 0 Å². The van der Waals surface area contributed by atoms with Crippen LogP contribution in [0.5, 0.6) is 5.75 Å². The summed E-state index contributed by atoms with van der Waals surface area (Å²) >= 11 is 0. The molecule has 0 unspecified atom stereocenters. The standard InChI is InChI=1S/C33H48F2N4O4/c1-5-31(30(40)41-6-2)9-13-39(14-10-31)29-19-32(43-36-29)21-37(22-32)20-25-17-26(24-7-8-24)27(18-28(25)42-23(3)4)38-15-11-33(34,35)12-16-38/h17-18,23-24H,5-16,19-22H2,1-4H3. The first-order valence-corrected chi connectivity index (χ1v) is 16.4. The summed E-state index contributed by atoms with van der Waals surface area (Å²) < 4.78 is 39.6. The van der Waals surface area contributed by atoms with Crippen LogP contribution in [0.2, 0.25) is 0 Å². The van der Waals surface area contributed by atoms with E-state index in [1.54, 1.807) is 0 Å². The van der Waals surface area contributed by atoms with Gasteiger partial charge in [-0.3, -0.25) is 9.69 Å². The maximum Gasteiger partial charge on any atom is 0.312 e. The molecule has 6 rings (SSSR count). The summed E-state index contributed by atoms with van der Waals surface area (Å²) in [5.74, 6) is -0.287. The summed E-state index contributed by atoms with van der Waals surface area (Å²) in [7, 11) is 0. The summed E-state index contributed by atoms with van der Waals surface area (Å²) in [4.78, 5) is 25.5. The second kappa shape index (κ2) is 11.7. The normalized spacial score (nSPS) is 24.5. The molecule has 1 saturated carbocycles. The minimum absolute atomic E-state index is 0.0146. The van der Waals surface area contributed by atoms with Crippen LogP contribution in [0.4, 0.5) is 14.5 Å². The third-order valence-corrected chi connectivity index (χ3v) is 10.1. The van der Waals surface area contributed by atoms with Gasteiger partial charge in [-0.25, -0.2) is 8.78 Å². The van der Waals surface area contributed by atoms with Crippen molar-refractivity contribution in [3.8, 4) is 5.75 Å². The van der Waals surface area contributed by atoms with E-state index in [1.165, 1.54) is 5.56 Å². The number of alkyl halides is 2. The number of oxime groups is 1. The van der Waals surface area contributed by atoms with E-state index < -0.39 is 5.92 Å². The Hall–Kier alpha value is -2.62. The van der Waals surface area contributed by atoms with Crippen LogP contribution in [0.3, 0.4) is 0 Å². The number of halogens is 2. The molecule has 4 fully saturated rings. The van der Waals surface area contributed by atoms with Crippen LogP contribution in [-0.2, 0) is 20.9 Å². The Morgan fingerprint density at radius 3 is 2.33 bits per heavy atom. The molecule has 4 aliphatic heterocycles. The molecule has 10 heteroatoms. The number of anilines is 1. The first kappa shape index (κ1) is 30.4. The Balaban J connectivity index is 1.09. The van der Waals surface area contributed by atoms with Gasteiger partial charge in [-0.2, -0.15) is 0 Å². The summed E-state index contributed by atoms with van der Waals surface area (Å²) in [5, 5.41) is 4.52. The molecule has 1 aliphatic carbocycles. The van der Waals surface area contributed by atoms with Gasteiger partial charge in [0.05, 0.1) is 24.5 Å². The molecular formula is C33H48F2N4O4. The van der Waals surface area contributed by atoms with Crippen molar-refractivity contribution in [1.82, 2.24) is 9.80 Å². The fraction of sp³-hybridized carbons (Fsp3) is 0.758. The van der Waals surface area contributed by atoms with E-state index in [0.717, 1.165) is 94.1 Å². The Labute approximate surface area is 254 Å². The second-order valence-electron chi connectivity index (χ2n) is 13.7. The lowest BCUT2D eigenvalue weighted by atomic mass is 9.76. The van der Waals surface area contributed by atoms with E-state index >= 15 is 0 Å². The molecule has 5 aliphatic rings. The molecule has 1 aromatic carbocycles. The maximum atomic E-state index is 13.9. The van der Waals surface area contributed by atoms with Gasteiger partial charge in [0, 0.05) is 76.0 Å². The first-order valence-electron chi connectivity index (χ1n) is 16.4. The molecule has 3 saturated heterocycles. The zero-order valence-corrected chi connectivity index (χ0v) is 26.3. The largest absolute Gasteiger partial charge is 0.491 e. The minimum atomic E-state index is -2.57. The van der Waals surface area contributed by atoms with Gasteiger partial charge in [-0.05, 0) is 70.4 Å². The molecule has 0 bridgehead atoms. The second-order valence-corrected chi connectivity index (χ2v) is 13.7. The number of hydrogen-bond donors (Lipinski definition) is 0. The van der Waals surface area contributed by atoms with Crippen LogP contribution in [0.1, 0.15) is 96.1 Å². The lowest BCUT2D eigenvalue weighted by Gasteiger charge is -2.46. The summed E-state index contributed by atoms with van der Waals surface area (Å²) in [6.45, 7) is 13.1. The Kier molecular flexibility index (Phi) is 8.28. The predicted molar refractivity (Wildman–Crippen MR) is 162 cm³/mol. The highest BCUT2D eigenvalue weighted by Gasteiger charge is 2.52. The van der Waals surface area contributed by atoms with Gasteiger partial charge in [0.1, 0.15) is 11.6 Å². The van der Waals surface area contributed by atoms with Gasteiger partial charge in [-0.15, -0.1) is 0 Å². The first-order chi connectivity index (χ1) is 20.5. The molecule has 4 heterocycles. The van der Waals surface area contributed by atoms with Gasteiger partial charge in [0.2, 0.25) is 0 Å². The lowest BCUT2D eigenvalue weighted by Crippen LogP contribution is -2.61. The molecule has 0 atom stereocenters. The van der Waals surface area contributed by atoms with Crippen LogP contribution in [0.25, 0.3) is 0 Å². The van der Waals surface area contributed by atoms with Crippen molar-refractivity contribution in [2.24, 2.45) is 10.6 Å². The van der Waals surface area contributed by atoms with Crippen LogP contribution < -0.4 is 9.64 Å². The van der Waals surface area contributed by atoms with Crippen molar-refractivity contribution in [2.75, 3.05) is 50.8 Å². The molecule has 0 aromatic heterocycles. The van der Waals surface area contributed by atoms with Gasteiger partial charge in [-0.1, -0.05) is 12.1 Å². The average molecular weight is 603 g/mol. The number of piperidine rings is 2.